The van der Waals surface area contributed by atoms with E-state index in [9.17, 15) is 4.79 Å². The number of para-hydroxylation sites is 1. The van der Waals surface area contributed by atoms with Crippen molar-refractivity contribution in [1.29, 1.82) is 0 Å². The van der Waals surface area contributed by atoms with Gasteiger partial charge in [-0.1, -0.05) is 19.1 Å². The summed E-state index contributed by atoms with van der Waals surface area (Å²) in [7, 11) is 0. The van der Waals surface area contributed by atoms with Crippen LogP contribution in [0.3, 0.4) is 0 Å². The van der Waals surface area contributed by atoms with E-state index in [2.05, 4.69) is 16.8 Å². The average molecular weight is 404 g/mol. The second kappa shape index (κ2) is 7.88. The van der Waals surface area contributed by atoms with E-state index < -0.39 is 0 Å². The molecule has 2 heterocycles. The molecule has 1 saturated heterocycles. The standard InChI is InChI=1S/C25H29N3O2/c1-17-7-12-24(17)27-15-13-21(14-16-27)30-20-10-8-19(9-11-20)28-18(2)26-23-6-4-3-5-22(23)25(28)29/h3-6,8-11,17,21,24H,7,12-16H2,1-2H3/t17-,24?/m0/s1. The molecule has 3 aromatic rings. The van der Waals surface area contributed by atoms with Gasteiger partial charge in [-0.05, 0) is 74.9 Å². The Kier molecular flexibility index (Phi) is 5.07. The van der Waals surface area contributed by atoms with Crippen molar-refractivity contribution >= 4 is 10.9 Å². The minimum absolute atomic E-state index is 0.0376. The number of fused-ring (bicyclic) bond motifs is 1. The van der Waals surface area contributed by atoms with Gasteiger partial charge in [0, 0.05) is 19.1 Å². The smallest absolute Gasteiger partial charge is 0.265 e. The quantitative estimate of drug-likeness (QED) is 0.650. The van der Waals surface area contributed by atoms with Gasteiger partial charge in [0.15, 0.2) is 0 Å². The molecule has 0 bridgehead atoms. The van der Waals surface area contributed by atoms with Gasteiger partial charge in [0.25, 0.3) is 5.56 Å². The monoisotopic (exact) mass is 403 g/mol. The van der Waals surface area contributed by atoms with Crippen molar-refractivity contribution in [3.8, 4) is 11.4 Å². The fraction of sp³-hybridized carbons (Fsp3) is 0.440. The first-order valence-corrected chi connectivity index (χ1v) is 11.1. The van der Waals surface area contributed by atoms with Crippen molar-refractivity contribution in [2.75, 3.05) is 13.1 Å². The van der Waals surface area contributed by atoms with Gasteiger partial charge < -0.3 is 4.74 Å². The summed E-state index contributed by atoms with van der Waals surface area (Å²) < 4.78 is 7.92. The molecule has 0 spiro atoms. The molecule has 1 aliphatic heterocycles. The summed E-state index contributed by atoms with van der Waals surface area (Å²) in [6, 6.07) is 16.1. The Balaban J connectivity index is 1.29. The molecule has 1 aliphatic carbocycles. The molecule has 30 heavy (non-hydrogen) atoms. The first-order valence-electron chi connectivity index (χ1n) is 11.1. The number of nitrogens with zero attached hydrogens (tertiary/aromatic N) is 3. The van der Waals surface area contributed by atoms with Crippen molar-refractivity contribution in [1.82, 2.24) is 14.5 Å². The summed E-state index contributed by atoms with van der Waals surface area (Å²) in [5.41, 5.74) is 1.51. The highest BCUT2D eigenvalue weighted by molar-refractivity contribution is 5.77. The molecule has 5 heteroatoms. The highest BCUT2D eigenvalue weighted by Gasteiger charge is 2.34. The van der Waals surface area contributed by atoms with Gasteiger partial charge in [0.2, 0.25) is 0 Å². The Morgan fingerprint density at radius 3 is 2.37 bits per heavy atom. The first kappa shape index (κ1) is 19.3. The largest absolute Gasteiger partial charge is 0.490 e. The van der Waals surface area contributed by atoms with Crippen LogP contribution in [0.4, 0.5) is 0 Å². The van der Waals surface area contributed by atoms with Gasteiger partial charge in [-0.25, -0.2) is 4.98 Å². The van der Waals surface area contributed by atoms with Crippen LogP contribution < -0.4 is 10.3 Å². The summed E-state index contributed by atoms with van der Waals surface area (Å²) in [4.78, 5) is 20.2. The molecular formula is C25H29N3O2. The van der Waals surface area contributed by atoms with E-state index in [-0.39, 0.29) is 11.7 Å². The van der Waals surface area contributed by atoms with Gasteiger partial charge in [-0.3, -0.25) is 14.3 Å². The predicted octanol–water partition coefficient (Wildman–Crippen LogP) is 4.34. The molecule has 0 N–H and O–H groups in total. The van der Waals surface area contributed by atoms with Crippen molar-refractivity contribution in [3.05, 3.63) is 64.7 Å². The summed E-state index contributed by atoms with van der Waals surface area (Å²) in [5.74, 6) is 2.41. The van der Waals surface area contributed by atoms with Crippen molar-refractivity contribution in [2.45, 2.75) is 51.7 Å². The number of hydrogen-bond acceptors (Lipinski definition) is 4. The third-order valence-corrected chi connectivity index (χ3v) is 6.86. The van der Waals surface area contributed by atoms with E-state index in [0.29, 0.717) is 11.2 Å². The van der Waals surface area contributed by atoms with Crippen LogP contribution in [0.15, 0.2) is 53.3 Å². The second-order valence-electron chi connectivity index (χ2n) is 8.79. The van der Waals surface area contributed by atoms with Crippen LogP contribution in [0, 0.1) is 12.8 Å². The molecule has 1 unspecified atom stereocenters. The number of aromatic nitrogens is 2. The molecule has 1 aromatic heterocycles. The summed E-state index contributed by atoms with van der Waals surface area (Å²) in [5, 5.41) is 0.635. The molecular weight excluding hydrogens is 374 g/mol. The van der Waals surface area contributed by atoms with E-state index >= 15 is 0 Å². The van der Waals surface area contributed by atoms with E-state index in [1.807, 2.05) is 55.5 Å². The minimum atomic E-state index is -0.0376. The van der Waals surface area contributed by atoms with Crippen LogP contribution in [0.2, 0.25) is 0 Å². The maximum absolute atomic E-state index is 13.0. The topological polar surface area (TPSA) is 47.4 Å². The minimum Gasteiger partial charge on any atom is -0.490 e. The second-order valence-corrected chi connectivity index (χ2v) is 8.79. The number of likely N-dealkylation sites (tertiary alicyclic amines) is 1. The van der Waals surface area contributed by atoms with Crippen LogP contribution >= 0.6 is 0 Å². The predicted molar refractivity (Wildman–Crippen MR) is 119 cm³/mol. The normalized spacial score (nSPS) is 22.7. The molecule has 5 rings (SSSR count). The zero-order valence-corrected chi connectivity index (χ0v) is 17.8. The summed E-state index contributed by atoms with van der Waals surface area (Å²) >= 11 is 0. The van der Waals surface area contributed by atoms with E-state index in [1.165, 1.54) is 12.8 Å². The Labute approximate surface area is 177 Å². The van der Waals surface area contributed by atoms with Crippen molar-refractivity contribution in [2.24, 2.45) is 5.92 Å². The molecule has 2 aliphatic rings. The molecule has 2 atom stereocenters. The van der Waals surface area contributed by atoms with Crippen LogP contribution in [0.25, 0.3) is 16.6 Å². The fourth-order valence-electron chi connectivity index (χ4n) is 4.93. The van der Waals surface area contributed by atoms with Gasteiger partial charge in [-0.15, -0.1) is 0 Å². The summed E-state index contributed by atoms with van der Waals surface area (Å²) in [6.07, 6.45) is 5.17. The number of hydrogen-bond donors (Lipinski definition) is 0. The third kappa shape index (κ3) is 3.52. The Bertz CT molecular complexity index is 1100. The SMILES string of the molecule is Cc1nc2ccccc2c(=O)n1-c1ccc(OC2CCN(C3CC[C@@H]3C)CC2)cc1. The molecule has 5 nitrogen and oxygen atoms in total. The fourth-order valence-corrected chi connectivity index (χ4v) is 4.93. The lowest BCUT2D eigenvalue weighted by Gasteiger charge is -2.45. The molecule has 2 fully saturated rings. The maximum Gasteiger partial charge on any atom is 0.265 e. The Morgan fingerprint density at radius 1 is 0.967 bits per heavy atom. The molecule has 0 amide bonds. The number of ether oxygens (including phenoxy) is 1. The van der Waals surface area contributed by atoms with E-state index in [1.54, 1.807) is 4.57 Å². The molecule has 2 aromatic carbocycles. The summed E-state index contributed by atoms with van der Waals surface area (Å²) in [6.45, 7) is 6.51. The molecule has 156 valence electrons. The molecule has 0 radical (unpaired) electrons. The van der Waals surface area contributed by atoms with Gasteiger partial charge in [-0.2, -0.15) is 0 Å². The highest BCUT2D eigenvalue weighted by atomic mass is 16.5. The van der Waals surface area contributed by atoms with E-state index in [4.69, 9.17) is 4.74 Å². The van der Waals surface area contributed by atoms with Gasteiger partial charge in [0.05, 0.1) is 16.6 Å². The van der Waals surface area contributed by atoms with Gasteiger partial charge >= 0.3 is 0 Å². The average Bonchev–Trinajstić information content (AvgIpc) is 2.75. The van der Waals surface area contributed by atoms with Crippen LogP contribution in [0.1, 0.15) is 38.4 Å². The Morgan fingerprint density at radius 2 is 1.70 bits per heavy atom. The zero-order valence-electron chi connectivity index (χ0n) is 17.8. The first-order chi connectivity index (χ1) is 14.6. The van der Waals surface area contributed by atoms with E-state index in [0.717, 1.165) is 54.8 Å². The lowest BCUT2D eigenvalue weighted by molar-refractivity contribution is 0.0205. The lowest BCUT2D eigenvalue weighted by Crippen LogP contribution is -2.50. The van der Waals surface area contributed by atoms with Crippen LogP contribution in [-0.4, -0.2) is 39.7 Å². The van der Waals surface area contributed by atoms with Crippen LogP contribution in [-0.2, 0) is 0 Å². The van der Waals surface area contributed by atoms with Crippen LogP contribution in [0.5, 0.6) is 5.75 Å². The zero-order chi connectivity index (χ0) is 20.7. The lowest BCUT2D eigenvalue weighted by atomic mass is 9.79. The number of aryl methyl sites for hydroxylation is 1. The number of rotatable bonds is 4. The van der Waals surface area contributed by atoms with Crippen molar-refractivity contribution in [3.63, 3.8) is 0 Å². The number of benzene rings is 2. The van der Waals surface area contributed by atoms with Crippen molar-refractivity contribution < 1.29 is 4.74 Å². The molecule has 1 saturated carbocycles. The maximum atomic E-state index is 13.0. The Hall–Kier alpha value is -2.66. The third-order valence-electron chi connectivity index (χ3n) is 6.86. The highest BCUT2D eigenvalue weighted by Crippen LogP contribution is 2.33. The van der Waals surface area contributed by atoms with Gasteiger partial charge in [0.1, 0.15) is 17.7 Å². The number of piperidine rings is 1.